The van der Waals surface area contributed by atoms with Crippen molar-refractivity contribution >= 4 is 46.2 Å². The Balaban J connectivity index is 1.66. The zero-order chi connectivity index (χ0) is 22.9. The molecule has 0 amide bonds. The number of nitrogens with one attached hydrogen (secondary N) is 1. The molecule has 0 radical (unpaired) electrons. The molecule has 166 valence electrons. The van der Waals surface area contributed by atoms with Crippen molar-refractivity contribution < 1.29 is 4.74 Å². The van der Waals surface area contributed by atoms with Crippen molar-refractivity contribution in [1.29, 1.82) is 0 Å². The van der Waals surface area contributed by atoms with E-state index >= 15 is 0 Å². The van der Waals surface area contributed by atoms with Crippen molar-refractivity contribution in [1.82, 2.24) is 19.9 Å². The molecule has 6 nitrogen and oxygen atoms in total. The van der Waals surface area contributed by atoms with Crippen LogP contribution in [0.4, 0.5) is 5.69 Å². The highest BCUT2D eigenvalue weighted by Gasteiger charge is 2.42. The Hall–Kier alpha value is -3.13. The lowest BCUT2D eigenvalue weighted by Crippen LogP contribution is -2.30. The first-order valence-corrected chi connectivity index (χ1v) is 11.4. The van der Waals surface area contributed by atoms with Gasteiger partial charge in [-0.25, -0.2) is 4.98 Å². The second kappa shape index (κ2) is 9.02. The number of aromatic nitrogens is 3. The average Bonchev–Trinajstić information content (AvgIpc) is 3.44. The van der Waals surface area contributed by atoms with Crippen LogP contribution in [0.5, 0.6) is 5.75 Å². The average molecular weight is 496 g/mol. The number of anilines is 1. The smallest absolute Gasteiger partial charge is 0.174 e. The summed E-state index contributed by atoms with van der Waals surface area (Å²) < 4.78 is 7.37. The largest absolute Gasteiger partial charge is 0.495 e. The summed E-state index contributed by atoms with van der Waals surface area (Å²) >= 11 is 18.3. The maximum Gasteiger partial charge on any atom is 0.174 e. The van der Waals surface area contributed by atoms with Crippen LogP contribution in [0.2, 0.25) is 10.0 Å². The predicted molar refractivity (Wildman–Crippen MR) is 135 cm³/mol. The maximum atomic E-state index is 6.47. The normalized spacial score (nSPS) is 17.8. The molecule has 0 bridgehead atoms. The van der Waals surface area contributed by atoms with Crippen molar-refractivity contribution in [3.63, 3.8) is 0 Å². The molecule has 3 aromatic heterocycles. The van der Waals surface area contributed by atoms with Gasteiger partial charge < -0.3 is 19.5 Å². The minimum atomic E-state index is -0.218. The van der Waals surface area contributed by atoms with Gasteiger partial charge in [0.05, 0.1) is 28.9 Å². The highest BCUT2D eigenvalue weighted by molar-refractivity contribution is 7.80. The molecule has 9 heteroatoms. The molecule has 33 heavy (non-hydrogen) atoms. The van der Waals surface area contributed by atoms with Crippen molar-refractivity contribution in [2.75, 3.05) is 12.0 Å². The van der Waals surface area contributed by atoms with Gasteiger partial charge in [-0.05, 0) is 66.8 Å². The number of ether oxygens (including phenoxy) is 1. The second-order valence-electron chi connectivity index (χ2n) is 7.45. The number of halogens is 2. The Morgan fingerprint density at radius 3 is 2.61 bits per heavy atom. The van der Waals surface area contributed by atoms with Crippen LogP contribution in [0.1, 0.15) is 23.5 Å². The molecule has 2 atom stereocenters. The van der Waals surface area contributed by atoms with Crippen LogP contribution in [-0.2, 0) is 0 Å². The lowest BCUT2D eigenvalue weighted by atomic mass is 10.0. The van der Waals surface area contributed by atoms with Gasteiger partial charge >= 0.3 is 0 Å². The number of hydrogen-bond donors (Lipinski definition) is 1. The van der Waals surface area contributed by atoms with Gasteiger partial charge in [-0.1, -0.05) is 29.3 Å². The third kappa shape index (κ3) is 4.04. The van der Waals surface area contributed by atoms with E-state index in [4.69, 9.17) is 40.2 Å². The third-order valence-corrected chi connectivity index (χ3v) is 6.39. The van der Waals surface area contributed by atoms with Crippen LogP contribution in [0, 0.1) is 0 Å². The van der Waals surface area contributed by atoms with Crippen molar-refractivity contribution in [2.24, 2.45) is 0 Å². The van der Waals surface area contributed by atoms with Crippen LogP contribution in [0.15, 0.2) is 79.3 Å². The summed E-state index contributed by atoms with van der Waals surface area (Å²) in [5.41, 5.74) is 2.71. The van der Waals surface area contributed by atoms with Crippen LogP contribution in [-0.4, -0.2) is 26.8 Å². The topological polar surface area (TPSA) is 55.2 Å². The SMILES string of the molecule is COc1ccc(N2C(=S)N[C@H](c3ccccn3)[C@H]2c2cccn2-c2ccc(Cl)cn2)cc1Cl. The second-order valence-corrected chi connectivity index (χ2v) is 8.68. The summed E-state index contributed by atoms with van der Waals surface area (Å²) in [6, 6.07) is 18.8. The van der Waals surface area contributed by atoms with Gasteiger partial charge in [0.1, 0.15) is 17.6 Å². The number of benzene rings is 1. The van der Waals surface area contributed by atoms with E-state index in [0.29, 0.717) is 20.9 Å². The number of hydrogen-bond acceptors (Lipinski definition) is 4. The molecule has 0 spiro atoms. The van der Waals surface area contributed by atoms with E-state index in [9.17, 15) is 0 Å². The summed E-state index contributed by atoms with van der Waals surface area (Å²) in [6.07, 6.45) is 5.39. The fraction of sp³-hybridized carbons (Fsp3) is 0.125. The number of pyridine rings is 2. The Labute approximate surface area is 206 Å². The number of nitrogens with zero attached hydrogens (tertiary/aromatic N) is 4. The van der Waals surface area contributed by atoms with Crippen LogP contribution >= 0.6 is 35.4 Å². The molecular formula is C24H19Cl2N5OS. The van der Waals surface area contributed by atoms with Gasteiger partial charge in [0.25, 0.3) is 0 Å². The summed E-state index contributed by atoms with van der Waals surface area (Å²) in [4.78, 5) is 11.2. The van der Waals surface area contributed by atoms with Crippen molar-refractivity contribution in [3.05, 3.63) is 101 Å². The van der Waals surface area contributed by atoms with Gasteiger partial charge in [-0.3, -0.25) is 4.98 Å². The first-order chi connectivity index (χ1) is 16.1. The first-order valence-electron chi connectivity index (χ1n) is 10.2. The standard InChI is InChI=1S/C24H19Cl2N5OS/c1-32-20-9-8-16(13-17(20)26)31-23(22(29-24(31)33)18-5-2-3-11-27-18)19-6-4-12-30(19)21-10-7-15(25)14-28-21/h2-14,22-23H,1H3,(H,29,33)/t22-,23-/m1/s1. The molecule has 0 aliphatic carbocycles. The predicted octanol–water partition coefficient (Wildman–Crippen LogP) is 5.76. The third-order valence-electron chi connectivity index (χ3n) is 5.55. The molecular weight excluding hydrogens is 477 g/mol. The van der Waals surface area contributed by atoms with Gasteiger partial charge in [-0.2, -0.15) is 0 Å². The Bertz CT molecular complexity index is 1300. The van der Waals surface area contributed by atoms with Gasteiger partial charge in [0, 0.05) is 30.0 Å². The van der Waals surface area contributed by atoms with Crippen LogP contribution < -0.4 is 15.0 Å². The highest BCUT2D eigenvalue weighted by Crippen LogP contribution is 2.43. The van der Waals surface area contributed by atoms with Gasteiger partial charge in [0.2, 0.25) is 0 Å². The lowest BCUT2D eigenvalue weighted by Gasteiger charge is -2.29. The zero-order valence-electron chi connectivity index (χ0n) is 17.5. The molecule has 1 aromatic carbocycles. The fourth-order valence-electron chi connectivity index (χ4n) is 4.09. The van der Waals surface area contributed by atoms with E-state index in [1.807, 2.05) is 65.4 Å². The van der Waals surface area contributed by atoms with E-state index in [-0.39, 0.29) is 12.1 Å². The molecule has 0 unspecified atom stereocenters. The molecule has 1 N–H and O–H groups in total. The molecule has 5 rings (SSSR count). The first kappa shape index (κ1) is 21.7. The van der Waals surface area contributed by atoms with E-state index in [1.54, 1.807) is 19.5 Å². The molecule has 1 aliphatic rings. The maximum absolute atomic E-state index is 6.47. The quantitative estimate of drug-likeness (QED) is 0.355. The van der Waals surface area contributed by atoms with Crippen LogP contribution in [0.3, 0.4) is 0 Å². The monoisotopic (exact) mass is 495 g/mol. The van der Waals surface area contributed by atoms with E-state index in [0.717, 1.165) is 22.9 Å². The van der Waals surface area contributed by atoms with Crippen molar-refractivity contribution in [3.8, 4) is 11.6 Å². The lowest BCUT2D eigenvalue weighted by molar-refractivity contribution is 0.415. The zero-order valence-corrected chi connectivity index (χ0v) is 19.8. The Kier molecular flexibility index (Phi) is 5.93. The van der Waals surface area contributed by atoms with Gasteiger partial charge in [0.15, 0.2) is 5.11 Å². The molecule has 4 heterocycles. The van der Waals surface area contributed by atoms with Crippen LogP contribution in [0.25, 0.3) is 5.82 Å². The summed E-state index contributed by atoms with van der Waals surface area (Å²) in [5, 5.41) is 5.12. The molecule has 4 aromatic rings. The number of thiocarbonyl (C=S) groups is 1. The number of rotatable bonds is 5. The highest BCUT2D eigenvalue weighted by atomic mass is 35.5. The number of methoxy groups -OCH3 is 1. The van der Waals surface area contributed by atoms with Gasteiger partial charge in [-0.15, -0.1) is 0 Å². The van der Waals surface area contributed by atoms with E-state index in [1.165, 1.54) is 0 Å². The van der Waals surface area contributed by atoms with E-state index < -0.39 is 0 Å². The minimum absolute atomic E-state index is 0.194. The molecule has 0 saturated carbocycles. The molecule has 1 aliphatic heterocycles. The minimum Gasteiger partial charge on any atom is -0.495 e. The van der Waals surface area contributed by atoms with Crippen molar-refractivity contribution in [2.45, 2.75) is 12.1 Å². The summed E-state index contributed by atoms with van der Waals surface area (Å²) in [5.74, 6) is 1.36. The molecule has 1 saturated heterocycles. The molecule has 1 fully saturated rings. The summed E-state index contributed by atoms with van der Waals surface area (Å²) in [7, 11) is 1.59. The fourth-order valence-corrected chi connectivity index (χ4v) is 4.80. The summed E-state index contributed by atoms with van der Waals surface area (Å²) in [6.45, 7) is 0. The Morgan fingerprint density at radius 1 is 1.03 bits per heavy atom. The Morgan fingerprint density at radius 2 is 1.91 bits per heavy atom. The van der Waals surface area contributed by atoms with E-state index in [2.05, 4.69) is 26.3 Å².